The summed E-state index contributed by atoms with van der Waals surface area (Å²) >= 11 is 0. The molecule has 8 aromatic carbocycles. The smallest absolute Gasteiger partial charge is 0.0748 e. The van der Waals surface area contributed by atoms with Crippen LogP contribution in [0.5, 0.6) is 0 Å². The lowest BCUT2D eigenvalue weighted by Gasteiger charge is -2.56. The van der Waals surface area contributed by atoms with Gasteiger partial charge in [-0.15, -0.1) is 0 Å². The fourth-order valence-electron chi connectivity index (χ4n) is 11.3. The molecule has 0 fully saturated rings. The zero-order valence-corrected chi connectivity index (χ0v) is 35.4. The van der Waals surface area contributed by atoms with Crippen molar-refractivity contribution in [2.75, 3.05) is 9.80 Å². The highest BCUT2D eigenvalue weighted by molar-refractivity contribution is 5.96. The first kappa shape index (κ1) is 36.4. The van der Waals surface area contributed by atoms with E-state index in [0.29, 0.717) is 0 Å². The van der Waals surface area contributed by atoms with Crippen molar-refractivity contribution in [3.63, 3.8) is 0 Å². The summed E-state index contributed by atoms with van der Waals surface area (Å²) < 4.78 is 0. The van der Waals surface area contributed by atoms with Crippen LogP contribution in [0.25, 0.3) is 11.3 Å². The predicted molar refractivity (Wildman–Crippen MR) is 255 cm³/mol. The minimum atomic E-state index is -0.643. The molecule has 0 unspecified atom stereocenters. The number of para-hydroxylation sites is 1. The predicted octanol–water partition coefficient (Wildman–Crippen LogP) is 14.6. The van der Waals surface area contributed by atoms with Gasteiger partial charge in [-0.2, -0.15) is 0 Å². The summed E-state index contributed by atoms with van der Waals surface area (Å²) in [7, 11) is 0. The molecule has 2 aliphatic heterocycles. The Balaban J connectivity index is 1.20. The van der Waals surface area contributed by atoms with Crippen molar-refractivity contribution in [3.05, 3.63) is 267 Å². The molecule has 0 amide bonds. The highest BCUT2D eigenvalue weighted by Gasteiger charge is 2.59. The van der Waals surface area contributed by atoms with Gasteiger partial charge < -0.3 is 9.80 Å². The van der Waals surface area contributed by atoms with Crippen molar-refractivity contribution in [1.29, 1.82) is 0 Å². The van der Waals surface area contributed by atoms with Crippen LogP contribution in [0.1, 0.15) is 66.8 Å². The largest absolute Gasteiger partial charge is 0.310 e. The summed E-state index contributed by atoms with van der Waals surface area (Å²) in [6, 6.07) is 73.1. The molecule has 0 bridgehead atoms. The van der Waals surface area contributed by atoms with Gasteiger partial charge in [-0.05, 0) is 133 Å². The molecule has 62 heavy (non-hydrogen) atoms. The van der Waals surface area contributed by atoms with E-state index in [4.69, 9.17) is 0 Å². The average molecular weight is 796 g/mol. The molecule has 1 aromatic heterocycles. The fourth-order valence-corrected chi connectivity index (χ4v) is 11.3. The quantitative estimate of drug-likeness (QED) is 0.178. The Bertz CT molecular complexity index is 3080. The van der Waals surface area contributed by atoms with Crippen molar-refractivity contribution in [3.8, 4) is 11.3 Å². The van der Waals surface area contributed by atoms with E-state index in [1.54, 1.807) is 0 Å². The first-order valence-electron chi connectivity index (χ1n) is 21.7. The first-order chi connectivity index (χ1) is 30.4. The lowest BCUT2D eigenvalue weighted by Crippen LogP contribution is -2.49. The zero-order valence-electron chi connectivity index (χ0n) is 35.4. The summed E-state index contributed by atoms with van der Waals surface area (Å²) in [4.78, 5) is 9.63. The van der Waals surface area contributed by atoms with E-state index in [2.05, 4.69) is 224 Å². The van der Waals surface area contributed by atoms with Crippen LogP contribution in [-0.4, -0.2) is 4.98 Å². The summed E-state index contributed by atoms with van der Waals surface area (Å²) in [5, 5.41) is 0. The van der Waals surface area contributed by atoms with Crippen molar-refractivity contribution < 1.29 is 0 Å². The molecule has 0 atom stereocenters. The van der Waals surface area contributed by atoms with Crippen molar-refractivity contribution >= 4 is 34.1 Å². The van der Waals surface area contributed by atoms with E-state index in [1.807, 2.05) is 18.3 Å². The molecule has 2 spiro atoms. The Morgan fingerprint density at radius 1 is 0.323 bits per heavy atom. The maximum absolute atomic E-state index is 4.66. The highest BCUT2D eigenvalue weighted by atomic mass is 15.2. The van der Waals surface area contributed by atoms with Gasteiger partial charge in [0.1, 0.15) is 0 Å². The fraction of sp³-hybridized carbons (Fsp3) is 0.102. The second kappa shape index (κ2) is 13.5. The maximum Gasteiger partial charge on any atom is 0.0748 e. The second-order valence-electron chi connectivity index (χ2n) is 17.4. The molecule has 0 N–H and O–H groups in total. The lowest BCUT2D eigenvalue weighted by molar-refractivity contribution is 0.606. The van der Waals surface area contributed by atoms with Crippen molar-refractivity contribution in [1.82, 2.24) is 4.98 Å². The number of hydrogen-bond donors (Lipinski definition) is 0. The topological polar surface area (TPSA) is 19.4 Å². The van der Waals surface area contributed by atoms with Gasteiger partial charge in [0, 0.05) is 23.1 Å². The van der Waals surface area contributed by atoms with Gasteiger partial charge >= 0.3 is 0 Å². The molecule has 3 aliphatic rings. The van der Waals surface area contributed by atoms with Gasteiger partial charge in [0.25, 0.3) is 0 Å². The molecular weight excluding hydrogens is 751 g/mol. The average Bonchev–Trinajstić information content (AvgIpc) is 3.31. The minimum Gasteiger partial charge on any atom is -0.310 e. The number of rotatable bonds is 3. The minimum absolute atomic E-state index is 0.626. The molecule has 3 heteroatoms. The van der Waals surface area contributed by atoms with Gasteiger partial charge in [-0.3, -0.25) is 4.98 Å². The Morgan fingerprint density at radius 2 is 0.677 bits per heavy atom. The van der Waals surface area contributed by atoms with Crippen molar-refractivity contribution in [2.45, 2.75) is 38.5 Å². The molecule has 296 valence electrons. The third-order valence-corrected chi connectivity index (χ3v) is 13.8. The number of hydrogen-bond acceptors (Lipinski definition) is 3. The van der Waals surface area contributed by atoms with Crippen molar-refractivity contribution in [2.24, 2.45) is 0 Å². The normalized spacial score (nSPS) is 14.6. The molecule has 12 rings (SSSR count). The van der Waals surface area contributed by atoms with Crippen LogP contribution in [0.15, 0.2) is 200 Å². The molecule has 3 heterocycles. The van der Waals surface area contributed by atoms with Crippen LogP contribution in [-0.2, 0) is 10.8 Å². The highest BCUT2D eigenvalue weighted by Crippen LogP contribution is 2.68. The van der Waals surface area contributed by atoms with E-state index in [1.165, 1.54) is 89.5 Å². The third-order valence-electron chi connectivity index (χ3n) is 13.8. The molecule has 0 radical (unpaired) electrons. The number of nitrogens with zero attached hydrogens (tertiary/aromatic N) is 3. The Hall–Kier alpha value is -7.49. The van der Waals surface area contributed by atoms with Gasteiger partial charge in [-0.25, -0.2) is 0 Å². The first-order valence-corrected chi connectivity index (χ1v) is 21.7. The van der Waals surface area contributed by atoms with Gasteiger partial charge in [-0.1, -0.05) is 156 Å². The van der Waals surface area contributed by atoms with Crippen LogP contribution in [0, 0.1) is 27.7 Å². The molecule has 0 saturated heterocycles. The van der Waals surface area contributed by atoms with Crippen LogP contribution in [0.3, 0.4) is 0 Å². The number of fused-ring (bicyclic) bond motifs is 14. The molecule has 9 aromatic rings. The van der Waals surface area contributed by atoms with E-state index in [-0.39, 0.29) is 0 Å². The van der Waals surface area contributed by atoms with Crippen LogP contribution < -0.4 is 9.80 Å². The zero-order chi connectivity index (χ0) is 41.7. The second-order valence-corrected chi connectivity index (χ2v) is 17.4. The molecule has 1 aliphatic carbocycles. The molecule has 3 nitrogen and oxygen atoms in total. The Kier molecular flexibility index (Phi) is 7.92. The van der Waals surface area contributed by atoms with Gasteiger partial charge in [0.15, 0.2) is 0 Å². The van der Waals surface area contributed by atoms with Gasteiger partial charge in [0.05, 0.1) is 39.3 Å². The maximum atomic E-state index is 4.66. The van der Waals surface area contributed by atoms with E-state index in [0.717, 1.165) is 22.6 Å². The SMILES string of the molecule is Cc1ccc2c(c1)C1(c3cc(C)ccc3N2c2ccccc2)c2ccccc2C2(c3cc(C)ccc3N(c3ccc(-c4ccccn4)cc3)c3ccc(C)cc32)c2ccccc21. The lowest BCUT2D eigenvalue weighted by atomic mass is 9.48. The number of benzene rings is 8. The standard InChI is InChI=1S/C59H45N3/c1-38-21-29-54-49(34-38)58(50-35-39(2)22-30-55(50)61(54)43-14-6-5-7-15-43)45-16-8-10-18-47(45)59(48-19-11-9-17-46(48)58)51-36-40(3)23-31-56(51)62(57-32-24-41(4)37-52(57)59)44-27-25-42(26-28-44)53-20-12-13-33-60-53/h5-37H,1-4H3. The van der Waals surface area contributed by atoms with E-state index in [9.17, 15) is 0 Å². The summed E-state index contributed by atoms with van der Waals surface area (Å²) in [5.74, 6) is 0. The van der Waals surface area contributed by atoms with Crippen LogP contribution >= 0.6 is 0 Å². The number of pyridine rings is 1. The molecular formula is C59H45N3. The number of aryl methyl sites for hydroxylation is 4. The van der Waals surface area contributed by atoms with Crippen LogP contribution in [0.4, 0.5) is 34.1 Å². The third kappa shape index (κ3) is 4.91. The summed E-state index contributed by atoms with van der Waals surface area (Å²) in [6.07, 6.45) is 1.86. The summed E-state index contributed by atoms with van der Waals surface area (Å²) in [6.45, 7) is 8.97. The summed E-state index contributed by atoms with van der Waals surface area (Å²) in [5.41, 5.74) is 23.2. The molecule has 0 saturated carbocycles. The monoisotopic (exact) mass is 795 g/mol. The van der Waals surface area contributed by atoms with Gasteiger partial charge in [0.2, 0.25) is 0 Å². The Morgan fingerprint density at radius 3 is 1.05 bits per heavy atom. The number of anilines is 6. The van der Waals surface area contributed by atoms with Crippen LogP contribution in [0.2, 0.25) is 0 Å². The van der Waals surface area contributed by atoms with E-state index < -0.39 is 10.8 Å². The Labute approximate surface area is 364 Å². The van der Waals surface area contributed by atoms with E-state index >= 15 is 0 Å². The number of aromatic nitrogens is 1.